The average molecular weight is 86.1 g/mol. The second-order valence-corrected chi connectivity index (χ2v) is 1.27. The molecule has 0 unspecified atom stereocenters. The van der Waals surface area contributed by atoms with E-state index in [0.717, 1.165) is 0 Å². The lowest BCUT2D eigenvalue weighted by molar-refractivity contribution is 0.537. The Kier molecular flexibility index (Phi) is 7.15. The minimum Gasteiger partial charge on any atom is -0.291 e. The van der Waals surface area contributed by atoms with E-state index in [1.54, 1.807) is 20.1 Å². The Morgan fingerprint density at radius 3 is 1.67 bits per heavy atom. The van der Waals surface area contributed by atoms with E-state index >= 15 is 0 Å². The van der Waals surface area contributed by atoms with E-state index in [2.05, 4.69) is 0 Å². The second kappa shape index (κ2) is 4.67. The van der Waals surface area contributed by atoms with Crippen LogP contribution in [0.3, 0.4) is 0 Å². The van der Waals surface area contributed by atoms with Gasteiger partial charge < -0.3 is 0 Å². The lowest BCUT2D eigenvalue weighted by atomic mass is 10.3. The summed E-state index contributed by atoms with van der Waals surface area (Å²) in [6.45, 7) is 3.60. The molecule has 2 radical (unpaired) electrons. The van der Waals surface area contributed by atoms with Gasteiger partial charge in [0.2, 0.25) is 6.29 Å². The van der Waals surface area contributed by atoms with Crippen LogP contribution < -0.4 is 0 Å². The molecule has 0 saturated heterocycles. The van der Waals surface area contributed by atoms with Gasteiger partial charge in [-0.3, -0.25) is 4.79 Å². The quantitative estimate of drug-likeness (QED) is 0.468. The Bertz CT molecular complexity index is 30.9. The molecule has 0 amide bonds. The third-order valence-electron chi connectivity index (χ3n) is 0.236. The van der Waals surface area contributed by atoms with Crippen LogP contribution in [-0.2, 0) is 4.79 Å². The van der Waals surface area contributed by atoms with Gasteiger partial charge in [0.15, 0.2) is 0 Å². The predicted molar refractivity (Wildman–Crippen MR) is 26.9 cm³/mol. The molecule has 0 heterocycles. The van der Waals surface area contributed by atoms with E-state index in [-0.39, 0.29) is 13.3 Å². The highest BCUT2D eigenvalue weighted by Gasteiger charge is 1.82. The highest BCUT2D eigenvalue weighted by molar-refractivity contribution is 5.52. The number of hydrogen-bond donors (Lipinski definition) is 0. The maximum atomic E-state index is 9.38. The van der Waals surface area contributed by atoms with Gasteiger partial charge >= 0.3 is 0 Å². The molecule has 0 aromatic carbocycles. The van der Waals surface area contributed by atoms with Gasteiger partial charge in [-0.15, -0.1) is 0 Å². The predicted octanol–water partition coefficient (Wildman–Crippen LogP) is 1.20. The maximum Gasteiger partial charge on any atom is 0.201 e. The maximum absolute atomic E-state index is 9.38. The largest absolute Gasteiger partial charge is 0.291 e. The molecular formula is C5H10O. The molecular weight excluding hydrogens is 76.1 g/mol. The SMILES string of the molecule is CC(C)[C]=O.[CH3]. The Balaban J connectivity index is 0. The molecule has 0 aliphatic carbocycles. The fourth-order valence-electron chi connectivity index (χ4n) is 0. The van der Waals surface area contributed by atoms with Crippen molar-refractivity contribution < 1.29 is 4.79 Å². The second-order valence-electron chi connectivity index (χ2n) is 1.27. The van der Waals surface area contributed by atoms with Gasteiger partial charge in [0, 0.05) is 5.92 Å². The van der Waals surface area contributed by atoms with E-state index in [1.165, 1.54) is 0 Å². The topological polar surface area (TPSA) is 17.1 Å². The fraction of sp³-hybridized carbons (Fsp3) is 0.600. The number of rotatable bonds is 1. The first kappa shape index (κ1) is 9.18. The molecule has 0 spiro atoms. The Hall–Kier alpha value is -0.330. The molecule has 0 aliphatic rings. The van der Waals surface area contributed by atoms with Gasteiger partial charge in [-0.05, 0) is 0 Å². The van der Waals surface area contributed by atoms with Crippen LogP contribution in [0.4, 0.5) is 0 Å². The summed E-state index contributed by atoms with van der Waals surface area (Å²) in [4.78, 5) is 9.38. The lowest BCUT2D eigenvalue weighted by Gasteiger charge is -1.76. The Morgan fingerprint density at radius 2 is 1.67 bits per heavy atom. The molecule has 0 atom stereocenters. The summed E-state index contributed by atoms with van der Waals surface area (Å²) in [6, 6.07) is 0. The highest BCUT2D eigenvalue weighted by Crippen LogP contribution is 1.78. The Morgan fingerprint density at radius 1 is 1.50 bits per heavy atom. The van der Waals surface area contributed by atoms with Crippen LogP contribution >= 0.6 is 0 Å². The first-order chi connectivity index (χ1) is 2.27. The van der Waals surface area contributed by atoms with Gasteiger partial charge in [0.1, 0.15) is 0 Å². The van der Waals surface area contributed by atoms with Crippen molar-refractivity contribution in [3.63, 3.8) is 0 Å². The normalized spacial score (nSPS) is 7.17. The van der Waals surface area contributed by atoms with E-state index in [4.69, 9.17) is 0 Å². The van der Waals surface area contributed by atoms with Gasteiger partial charge in [0.25, 0.3) is 0 Å². The summed E-state index contributed by atoms with van der Waals surface area (Å²) >= 11 is 0. The van der Waals surface area contributed by atoms with Crippen LogP contribution in [0.15, 0.2) is 0 Å². The van der Waals surface area contributed by atoms with Crippen molar-refractivity contribution in [1.82, 2.24) is 0 Å². The number of hydrogen-bond acceptors (Lipinski definition) is 1. The summed E-state index contributed by atoms with van der Waals surface area (Å²) in [7, 11) is 0. The summed E-state index contributed by atoms with van der Waals surface area (Å²) in [5.41, 5.74) is 0. The van der Waals surface area contributed by atoms with E-state index in [9.17, 15) is 4.79 Å². The smallest absolute Gasteiger partial charge is 0.201 e. The van der Waals surface area contributed by atoms with E-state index < -0.39 is 0 Å². The first-order valence-corrected chi connectivity index (χ1v) is 1.65. The molecule has 0 aromatic heterocycles. The molecule has 0 bridgehead atoms. The van der Waals surface area contributed by atoms with Crippen molar-refractivity contribution in [2.75, 3.05) is 0 Å². The van der Waals surface area contributed by atoms with Crippen LogP contribution in [0.1, 0.15) is 13.8 Å². The third-order valence-corrected chi connectivity index (χ3v) is 0.236. The van der Waals surface area contributed by atoms with E-state index in [0.29, 0.717) is 0 Å². The summed E-state index contributed by atoms with van der Waals surface area (Å²) < 4.78 is 0. The zero-order chi connectivity index (χ0) is 4.28. The van der Waals surface area contributed by atoms with Crippen LogP contribution in [0, 0.1) is 13.3 Å². The third kappa shape index (κ3) is 9.38. The van der Waals surface area contributed by atoms with Crippen molar-refractivity contribution in [3.8, 4) is 0 Å². The van der Waals surface area contributed by atoms with Crippen LogP contribution in [0.2, 0.25) is 0 Å². The van der Waals surface area contributed by atoms with Gasteiger partial charge in [-0.2, -0.15) is 0 Å². The minimum absolute atomic E-state index is 0. The van der Waals surface area contributed by atoms with Gasteiger partial charge in [0.05, 0.1) is 0 Å². The summed E-state index contributed by atoms with van der Waals surface area (Å²) in [5, 5.41) is 0. The van der Waals surface area contributed by atoms with Crippen molar-refractivity contribution in [3.05, 3.63) is 7.43 Å². The molecule has 36 valence electrons. The number of carbonyl (C=O) groups excluding carboxylic acids is 1. The molecule has 0 N–H and O–H groups in total. The van der Waals surface area contributed by atoms with Crippen molar-refractivity contribution in [1.29, 1.82) is 0 Å². The standard InChI is InChI=1S/C4H7O.CH3/c1-4(2)3-5;/h4H,1-2H3;1H3. The molecule has 0 rings (SSSR count). The zero-order valence-electron chi connectivity index (χ0n) is 4.49. The van der Waals surface area contributed by atoms with Crippen molar-refractivity contribution in [2.45, 2.75) is 13.8 Å². The van der Waals surface area contributed by atoms with Crippen LogP contribution in [0.25, 0.3) is 0 Å². The molecule has 1 heteroatoms. The molecule has 0 aromatic rings. The van der Waals surface area contributed by atoms with E-state index in [1.807, 2.05) is 0 Å². The van der Waals surface area contributed by atoms with Crippen molar-refractivity contribution in [2.24, 2.45) is 5.92 Å². The van der Waals surface area contributed by atoms with Gasteiger partial charge in [-0.1, -0.05) is 21.3 Å². The molecule has 0 fully saturated rings. The highest BCUT2D eigenvalue weighted by atomic mass is 16.1. The Labute approximate surface area is 39.4 Å². The molecule has 0 aliphatic heterocycles. The monoisotopic (exact) mass is 86.1 g/mol. The molecule has 0 saturated carbocycles. The average Bonchev–Trinajstić information content (AvgIpc) is 1.38. The molecule has 6 heavy (non-hydrogen) atoms. The zero-order valence-corrected chi connectivity index (χ0v) is 4.49. The molecule has 1 nitrogen and oxygen atoms in total. The van der Waals surface area contributed by atoms with Gasteiger partial charge in [-0.25, -0.2) is 0 Å². The van der Waals surface area contributed by atoms with Crippen LogP contribution in [0.5, 0.6) is 0 Å². The lowest BCUT2D eigenvalue weighted by Crippen LogP contribution is -1.82. The summed E-state index contributed by atoms with van der Waals surface area (Å²) in [6.07, 6.45) is 1.78. The fourth-order valence-corrected chi connectivity index (χ4v) is 0. The summed E-state index contributed by atoms with van der Waals surface area (Å²) in [5.74, 6) is 0.0787. The van der Waals surface area contributed by atoms with Crippen molar-refractivity contribution >= 4 is 6.29 Å². The van der Waals surface area contributed by atoms with Crippen LogP contribution in [-0.4, -0.2) is 6.29 Å². The minimum atomic E-state index is 0. The first-order valence-electron chi connectivity index (χ1n) is 1.65.